The third-order valence-electron chi connectivity index (χ3n) is 7.25. The van der Waals surface area contributed by atoms with Crippen molar-refractivity contribution in [2.75, 3.05) is 11.9 Å². The molecule has 176 valence electrons. The number of benzene rings is 1. The lowest BCUT2D eigenvalue weighted by Gasteiger charge is -2.32. The summed E-state index contributed by atoms with van der Waals surface area (Å²) < 4.78 is 2.41. The van der Waals surface area contributed by atoms with Crippen LogP contribution in [0.3, 0.4) is 0 Å². The summed E-state index contributed by atoms with van der Waals surface area (Å²) in [6.45, 7) is 11.5. The van der Waals surface area contributed by atoms with Crippen LogP contribution in [-0.4, -0.2) is 22.1 Å². The highest BCUT2D eigenvalue weighted by molar-refractivity contribution is 5.91. The second-order valence-electron chi connectivity index (χ2n) is 10.1. The molecular weight excluding hydrogens is 408 g/mol. The van der Waals surface area contributed by atoms with E-state index in [4.69, 9.17) is 0 Å². The predicted molar refractivity (Wildman–Crippen MR) is 137 cm³/mol. The molecule has 2 amide bonds. The normalized spacial score (nSPS) is 15.5. The molecule has 0 aliphatic heterocycles. The lowest BCUT2D eigenvalue weighted by atomic mass is 9.92. The molecule has 0 bridgehead atoms. The second kappa shape index (κ2) is 9.58. The van der Waals surface area contributed by atoms with Gasteiger partial charge in [-0.1, -0.05) is 65.7 Å². The molecule has 2 heterocycles. The Labute approximate surface area is 198 Å². The van der Waals surface area contributed by atoms with Crippen molar-refractivity contribution >= 4 is 22.8 Å². The average Bonchev–Trinajstić information content (AvgIpc) is 3.43. The fourth-order valence-corrected chi connectivity index (χ4v) is 5.41. The average molecular weight is 447 g/mol. The molecule has 1 saturated carbocycles. The molecule has 33 heavy (non-hydrogen) atoms. The summed E-state index contributed by atoms with van der Waals surface area (Å²) in [6, 6.07) is 10.4. The fourth-order valence-electron chi connectivity index (χ4n) is 5.41. The van der Waals surface area contributed by atoms with Crippen LogP contribution in [0, 0.1) is 0 Å². The van der Waals surface area contributed by atoms with Gasteiger partial charge in [-0.05, 0) is 59.9 Å². The summed E-state index contributed by atoms with van der Waals surface area (Å²) in [4.78, 5) is 17.8. The minimum absolute atomic E-state index is 0.107. The second-order valence-corrected chi connectivity index (χ2v) is 10.1. The Morgan fingerprint density at radius 3 is 2.33 bits per heavy atom. The minimum atomic E-state index is -0.124. The fraction of sp³-hybridized carbons (Fsp3) is 0.500. The van der Waals surface area contributed by atoms with E-state index in [1.54, 1.807) is 0 Å². The molecular formula is C28H38N4O. The molecule has 1 aromatic carbocycles. The highest BCUT2D eigenvalue weighted by Crippen LogP contribution is 2.39. The molecule has 2 aromatic heterocycles. The van der Waals surface area contributed by atoms with Crippen LogP contribution in [0.5, 0.6) is 0 Å². The number of carbonyl (C=O) groups is 1. The first-order valence-electron chi connectivity index (χ1n) is 12.5. The SMILES string of the molecule is CCc1cn(C2(CNC(=O)Nc3c(C(C)C)cccc3C(C)C)CCCC2)c2cccnc12. The van der Waals surface area contributed by atoms with Gasteiger partial charge < -0.3 is 15.2 Å². The summed E-state index contributed by atoms with van der Waals surface area (Å²) in [5, 5.41) is 6.46. The number of fused-ring (bicyclic) bond motifs is 1. The number of nitrogens with zero attached hydrogens (tertiary/aromatic N) is 2. The van der Waals surface area contributed by atoms with Gasteiger partial charge in [0.25, 0.3) is 0 Å². The van der Waals surface area contributed by atoms with Crippen molar-refractivity contribution in [3.63, 3.8) is 0 Å². The third-order valence-corrected chi connectivity index (χ3v) is 7.25. The number of aryl methyl sites for hydroxylation is 1. The maximum absolute atomic E-state index is 13.2. The topological polar surface area (TPSA) is 59.0 Å². The first-order valence-corrected chi connectivity index (χ1v) is 12.5. The largest absolute Gasteiger partial charge is 0.338 e. The zero-order valence-electron chi connectivity index (χ0n) is 20.7. The first-order chi connectivity index (χ1) is 15.9. The number of carbonyl (C=O) groups excluding carboxylic acids is 1. The summed E-state index contributed by atoms with van der Waals surface area (Å²) >= 11 is 0. The van der Waals surface area contributed by atoms with E-state index >= 15 is 0 Å². The standard InChI is InChI=1S/C28H38N4O/c1-6-21-17-32(24-13-10-16-29-25(21)24)28(14-7-8-15-28)18-30-27(33)31-26-22(19(2)3)11-9-12-23(26)20(4)5/h9-13,16-17,19-20H,6-8,14-15,18H2,1-5H3,(H2,30,31,33). The highest BCUT2D eigenvalue weighted by atomic mass is 16.2. The van der Waals surface area contributed by atoms with E-state index in [1.807, 2.05) is 12.3 Å². The van der Waals surface area contributed by atoms with Gasteiger partial charge in [0.05, 0.1) is 16.6 Å². The Kier molecular flexibility index (Phi) is 6.78. The Balaban J connectivity index is 1.59. The van der Waals surface area contributed by atoms with Crippen molar-refractivity contribution in [2.24, 2.45) is 0 Å². The van der Waals surface area contributed by atoms with Crippen LogP contribution >= 0.6 is 0 Å². The summed E-state index contributed by atoms with van der Waals surface area (Å²) in [7, 11) is 0. The zero-order chi connectivity index (χ0) is 23.6. The van der Waals surface area contributed by atoms with Crippen LogP contribution < -0.4 is 10.6 Å². The third kappa shape index (κ3) is 4.50. The number of anilines is 1. The van der Waals surface area contributed by atoms with Crippen molar-refractivity contribution in [1.82, 2.24) is 14.9 Å². The smallest absolute Gasteiger partial charge is 0.319 e. The van der Waals surface area contributed by atoms with Gasteiger partial charge in [0, 0.05) is 24.6 Å². The maximum atomic E-state index is 13.2. The van der Waals surface area contributed by atoms with Gasteiger partial charge >= 0.3 is 6.03 Å². The van der Waals surface area contributed by atoms with Crippen molar-refractivity contribution in [2.45, 2.75) is 84.1 Å². The number of hydrogen-bond acceptors (Lipinski definition) is 2. The van der Waals surface area contributed by atoms with E-state index in [2.05, 4.69) is 85.3 Å². The zero-order valence-corrected chi connectivity index (χ0v) is 20.7. The van der Waals surface area contributed by atoms with Crippen molar-refractivity contribution < 1.29 is 4.79 Å². The number of rotatable bonds is 7. The number of para-hydroxylation sites is 1. The molecule has 5 nitrogen and oxygen atoms in total. The van der Waals surface area contributed by atoms with Gasteiger partial charge in [0.1, 0.15) is 0 Å². The molecule has 2 N–H and O–H groups in total. The minimum Gasteiger partial charge on any atom is -0.338 e. The van der Waals surface area contributed by atoms with Crippen LogP contribution in [0.15, 0.2) is 42.7 Å². The molecule has 0 unspecified atom stereocenters. The van der Waals surface area contributed by atoms with Crippen LogP contribution in [-0.2, 0) is 12.0 Å². The molecule has 0 radical (unpaired) electrons. The molecule has 1 aliphatic carbocycles. The molecule has 3 aromatic rings. The Bertz CT molecular complexity index is 1100. The van der Waals surface area contributed by atoms with E-state index in [-0.39, 0.29) is 11.6 Å². The van der Waals surface area contributed by atoms with Gasteiger partial charge in [-0.25, -0.2) is 4.79 Å². The molecule has 1 aliphatic rings. The van der Waals surface area contributed by atoms with E-state index < -0.39 is 0 Å². The Morgan fingerprint density at radius 2 is 1.73 bits per heavy atom. The molecule has 0 atom stereocenters. The van der Waals surface area contributed by atoms with Crippen LogP contribution in [0.4, 0.5) is 10.5 Å². The lowest BCUT2D eigenvalue weighted by Crippen LogP contribution is -2.44. The van der Waals surface area contributed by atoms with Gasteiger partial charge in [-0.3, -0.25) is 4.98 Å². The Hall–Kier alpha value is -2.82. The van der Waals surface area contributed by atoms with Crippen LogP contribution in [0.2, 0.25) is 0 Å². The number of nitrogens with one attached hydrogen (secondary N) is 2. The van der Waals surface area contributed by atoms with Crippen molar-refractivity contribution in [3.05, 3.63) is 59.4 Å². The summed E-state index contributed by atoms with van der Waals surface area (Å²) in [5.41, 5.74) is 6.75. The van der Waals surface area contributed by atoms with Crippen molar-refractivity contribution in [1.29, 1.82) is 0 Å². The quantitative estimate of drug-likeness (QED) is 0.413. The monoisotopic (exact) mass is 446 g/mol. The molecule has 1 fully saturated rings. The van der Waals surface area contributed by atoms with E-state index in [0.29, 0.717) is 18.4 Å². The van der Waals surface area contributed by atoms with Gasteiger partial charge in [-0.2, -0.15) is 0 Å². The number of urea groups is 1. The number of amides is 2. The number of pyridine rings is 1. The number of hydrogen-bond donors (Lipinski definition) is 2. The van der Waals surface area contributed by atoms with Crippen LogP contribution in [0.25, 0.3) is 11.0 Å². The Morgan fingerprint density at radius 1 is 1.06 bits per heavy atom. The molecule has 4 rings (SSSR count). The predicted octanol–water partition coefficient (Wildman–Crippen LogP) is 6.94. The summed E-state index contributed by atoms with van der Waals surface area (Å²) in [6.07, 6.45) is 9.58. The molecule has 5 heteroatoms. The van der Waals surface area contributed by atoms with Gasteiger partial charge in [0.2, 0.25) is 0 Å². The summed E-state index contributed by atoms with van der Waals surface area (Å²) in [5.74, 6) is 0.678. The van der Waals surface area contributed by atoms with Gasteiger partial charge in [-0.15, -0.1) is 0 Å². The van der Waals surface area contributed by atoms with Crippen molar-refractivity contribution in [3.8, 4) is 0 Å². The first kappa shape index (κ1) is 23.3. The molecule has 0 saturated heterocycles. The van der Waals surface area contributed by atoms with Crippen LogP contribution in [0.1, 0.15) is 88.8 Å². The molecule has 0 spiro atoms. The maximum Gasteiger partial charge on any atom is 0.319 e. The van der Waals surface area contributed by atoms with E-state index in [0.717, 1.165) is 30.5 Å². The van der Waals surface area contributed by atoms with E-state index in [1.165, 1.54) is 35.0 Å². The lowest BCUT2D eigenvalue weighted by molar-refractivity contribution is 0.239. The highest BCUT2D eigenvalue weighted by Gasteiger charge is 2.37. The van der Waals surface area contributed by atoms with Gasteiger partial charge in [0.15, 0.2) is 0 Å². The van der Waals surface area contributed by atoms with E-state index in [9.17, 15) is 4.79 Å². The number of aromatic nitrogens is 2.